The van der Waals surface area contributed by atoms with Gasteiger partial charge in [0.1, 0.15) is 0 Å². The summed E-state index contributed by atoms with van der Waals surface area (Å²) in [5.41, 5.74) is 3.17. The standard InChI is InChI=1S/C17H31N3S/c1-4-10-18-16-9-7-5-6-8-15(16)11-20(3)12-17-14(2)19-13-21-17/h13,15-16,18H,4-12H2,1-3H3. The number of aromatic nitrogens is 1. The molecule has 0 aromatic carbocycles. The van der Waals surface area contributed by atoms with E-state index in [1.165, 1.54) is 62.2 Å². The molecule has 1 aliphatic rings. The van der Waals surface area contributed by atoms with Gasteiger partial charge in [-0.05, 0) is 45.7 Å². The van der Waals surface area contributed by atoms with E-state index in [1.54, 1.807) is 11.3 Å². The lowest BCUT2D eigenvalue weighted by Crippen LogP contribution is -2.41. The summed E-state index contributed by atoms with van der Waals surface area (Å²) in [6, 6.07) is 0.720. The van der Waals surface area contributed by atoms with Crippen LogP contribution in [0.3, 0.4) is 0 Å². The molecule has 2 rings (SSSR count). The molecular weight excluding hydrogens is 278 g/mol. The number of hydrogen-bond acceptors (Lipinski definition) is 4. The molecule has 1 aromatic heterocycles. The third-order valence-electron chi connectivity index (χ3n) is 4.62. The Hall–Kier alpha value is -0.450. The van der Waals surface area contributed by atoms with Crippen molar-refractivity contribution in [3.8, 4) is 0 Å². The van der Waals surface area contributed by atoms with Crippen LogP contribution in [0, 0.1) is 12.8 Å². The van der Waals surface area contributed by atoms with Crippen molar-refractivity contribution in [3.63, 3.8) is 0 Å². The summed E-state index contributed by atoms with van der Waals surface area (Å²) < 4.78 is 0. The van der Waals surface area contributed by atoms with Gasteiger partial charge in [-0.15, -0.1) is 11.3 Å². The van der Waals surface area contributed by atoms with Crippen LogP contribution in [0.5, 0.6) is 0 Å². The fourth-order valence-electron chi connectivity index (χ4n) is 3.39. The van der Waals surface area contributed by atoms with Gasteiger partial charge in [-0.1, -0.05) is 26.2 Å². The Balaban J connectivity index is 1.89. The van der Waals surface area contributed by atoms with Gasteiger partial charge in [0.15, 0.2) is 0 Å². The predicted molar refractivity (Wildman–Crippen MR) is 91.8 cm³/mol. The van der Waals surface area contributed by atoms with Crippen LogP contribution < -0.4 is 5.32 Å². The van der Waals surface area contributed by atoms with Crippen molar-refractivity contribution in [3.05, 3.63) is 16.1 Å². The van der Waals surface area contributed by atoms with Crippen molar-refractivity contribution in [1.82, 2.24) is 15.2 Å². The molecule has 3 nitrogen and oxygen atoms in total. The van der Waals surface area contributed by atoms with Crippen LogP contribution in [0.15, 0.2) is 5.51 Å². The minimum absolute atomic E-state index is 0.720. The van der Waals surface area contributed by atoms with E-state index in [0.717, 1.165) is 18.5 Å². The highest BCUT2D eigenvalue weighted by atomic mass is 32.1. The highest BCUT2D eigenvalue weighted by Crippen LogP contribution is 2.25. The van der Waals surface area contributed by atoms with Crippen molar-refractivity contribution < 1.29 is 0 Å². The molecule has 21 heavy (non-hydrogen) atoms. The van der Waals surface area contributed by atoms with Gasteiger partial charge >= 0.3 is 0 Å². The number of thiazole rings is 1. The minimum atomic E-state index is 0.720. The molecule has 2 unspecified atom stereocenters. The zero-order valence-electron chi connectivity index (χ0n) is 13.9. The maximum Gasteiger partial charge on any atom is 0.0798 e. The van der Waals surface area contributed by atoms with Gasteiger partial charge < -0.3 is 10.2 Å². The van der Waals surface area contributed by atoms with Crippen LogP contribution in [0.4, 0.5) is 0 Å². The van der Waals surface area contributed by atoms with Gasteiger partial charge in [0.05, 0.1) is 11.2 Å². The largest absolute Gasteiger partial charge is 0.314 e. The van der Waals surface area contributed by atoms with E-state index in [9.17, 15) is 0 Å². The van der Waals surface area contributed by atoms with Crippen LogP contribution >= 0.6 is 11.3 Å². The molecule has 2 atom stereocenters. The highest BCUT2D eigenvalue weighted by Gasteiger charge is 2.24. The van der Waals surface area contributed by atoms with E-state index >= 15 is 0 Å². The van der Waals surface area contributed by atoms with E-state index in [0.29, 0.717) is 0 Å². The number of aryl methyl sites for hydroxylation is 1. The molecule has 4 heteroatoms. The van der Waals surface area contributed by atoms with Crippen molar-refractivity contribution in [2.24, 2.45) is 5.92 Å². The first-order chi connectivity index (χ1) is 10.2. The van der Waals surface area contributed by atoms with Gasteiger partial charge in [-0.3, -0.25) is 0 Å². The van der Waals surface area contributed by atoms with Gasteiger partial charge in [0, 0.05) is 24.0 Å². The topological polar surface area (TPSA) is 28.2 Å². The fraction of sp³-hybridized carbons (Fsp3) is 0.824. The predicted octanol–water partition coefficient (Wildman–Crippen LogP) is 3.83. The van der Waals surface area contributed by atoms with Gasteiger partial charge in [0.25, 0.3) is 0 Å². The van der Waals surface area contributed by atoms with E-state index in [-0.39, 0.29) is 0 Å². The number of nitrogens with one attached hydrogen (secondary N) is 1. The number of hydrogen-bond donors (Lipinski definition) is 1. The zero-order chi connectivity index (χ0) is 15.1. The zero-order valence-corrected chi connectivity index (χ0v) is 14.7. The molecule has 120 valence electrons. The van der Waals surface area contributed by atoms with Crippen molar-refractivity contribution in [2.45, 2.75) is 65.0 Å². The Kier molecular flexibility index (Phi) is 7.14. The average molecular weight is 310 g/mol. The fourth-order valence-corrected chi connectivity index (χ4v) is 4.25. The summed E-state index contributed by atoms with van der Waals surface area (Å²) in [4.78, 5) is 8.28. The first-order valence-corrected chi connectivity index (χ1v) is 9.39. The molecule has 0 aliphatic heterocycles. The van der Waals surface area contributed by atoms with E-state index in [4.69, 9.17) is 0 Å². The summed E-state index contributed by atoms with van der Waals surface area (Å²) >= 11 is 1.79. The van der Waals surface area contributed by atoms with Crippen LogP contribution in [0.2, 0.25) is 0 Å². The Morgan fingerprint density at radius 1 is 1.33 bits per heavy atom. The van der Waals surface area contributed by atoms with Crippen molar-refractivity contribution in [1.29, 1.82) is 0 Å². The van der Waals surface area contributed by atoms with E-state index in [2.05, 4.69) is 36.1 Å². The SMILES string of the molecule is CCCNC1CCCCCC1CN(C)Cc1scnc1C. The van der Waals surface area contributed by atoms with Crippen molar-refractivity contribution in [2.75, 3.05) is 20.1 Å². The lowest BCUT2D eigenvalue weighted by atomic mass is 9.94. The maximum absolute atomic E-state index is 4.37. The van der Waals surface area contributed by atoms with E-state index < -0.39 is 0 Å². The summed E-state index contributed by atoms with van der Waals surface area (Å²) in [7, 11) is 2.26. The molecule has 0 saturated heterocycles. The monoisotopic (exact) mass is 309 g/mol. The Labute approximate surface area is 134 Å². The van der Waals surface area contributed by atoms with Crippen LogP contribution in [0.25, 0.3) is 0 Å². The summed E-state index contributed by atoms with van der Waals surface area (Å²) in [6.07, 6.45) is 8.20. The molecule has 1 saturated carbocycles. The Morgan fingerprint density at radius 3 is 2.86 bits per heavy atom. The second-order valence-corrected chi connectivity index (χ2v) is 7.46. The van der Waals surface area contributed by atoms with Crippen LogP contribution in [-0.4, -0.2) is 36.1 Å². The maximum atomic E-state index is 4.37. The highest BCUT2D eigenvalue weighted by molar-refractivity contribution is 7.09. The lowest BCUT2D eigenvalue weighted by molar-refractivity contribution is 0.219. The molecule has 1 N–H and O–H groups in total. The minimum Gasteiger partial charge on any atom is -0.314 e. The summed E-state index contributed by atoms with van der Waals surface area (Å²) in [5.74, 6) is 0.803. The molecule has 1 fully saturated rings. The molecule has 0 bridgehead atoms. The molecule has 1 aliphatic carbocycles. The third kappa shape index (κ3) is 5.35. The van der Waals surface area contributed by atoms with Crippen LogP contribution in [0.1, 0.15) is 56.0 Å². The molecular formula is C17H31N3S. The molecule has 0 radical (unpaired) electrons. The van der Waals surface area contributed by atoms with Gasteiger partial charge in [-0.25, -0.2) is 4.98 Å². The lowest BCUT2D eigenvalue weighted by Gasteiger charge is -2.30. The van der Waals surface area contributed by atoms with Gasteiger partial charge in [-0.2, -0.15) is 0 Å². The van der Waals surface area contributed by atoms with Gasteiger partial charge in [0.2, 0.25) is 0 Å². The molecule has 1 heterocycles. The number of nitrogens with zero attached hydrogens (tertiary/aromatic N) is 2. The third-order valence-corrected chi connectivity index (χ3v) is 5.54. The number of rotatable bonds is 7. The normalized spacial score (nSPS) is 23.4. The van der Waals surface area contributed by atoms with Crippen LogP contribution in [-0.2, 0) is 6.54 Å². The Morgan fingerprint density at radius 2 is 2.14 bits per heavy atom. The molecule has 1 aromatic rings. The second kappa shape index (κ2) is 8.86. The quantitative estimate of drug-likeness (QED) is 0.776. The second-order valence-electron chi connectivity index (χ2n) is 6.52. The molecule has 0 amide bonds. The first-order valence-electron chi connectivity index (χ1n) is 8.51. The van der Waals surface area contributed by atoms with E-state index in [1.807, 2.05) is 5.51 Å². The summed E-state index contributed by atoms with van der Waals surface area (Å²) in [6.45, 7) is 7.80. The molecule has 0 spiro atoms. The summed E-state index contributed by atoms with van der Waals surface area (Å²) in [5, 5.41) is 3.80. The average Bonchev–Trinajstić information content (AvgIpc) is 2.73. The smallest absolute Gasteiger partial charge is 0.0798 e. The first kappa shape index (κ1) is 16.9. The van der Waals surface area contributed by atoms with Crippen molar-refractivity contribution >= 4 is 11.3 Å². The Bertz CT molecular complexity index is 404.